The van der Waals surface area contributed by atoms with Gasteiger partial charge in [-0.05, 0) is 19.0 Å². The van der Waals surface area contributed by atoms with Gasteiger partial charge in [-0.1, -0.05) is 0 Å². The molecule has 0 aromatic heterocycles. The van der Waals surface area contributed by atoms with E-state index in [-0.39, 0.29) is 0 Å². The molecule has 0 aliphatic heterocycles. The molecular weight excluding hydrogens is 106 g/mol. The molecule has 0 saturated heterocycles. The quantitative estimate of drug-likeness (QED) is 0.312. The minimum Gasteiger partial charge on any atom is -0.396 e. The van der Waals surface area contributed by atoms with E-state index < -0.39 is 0 Å². The Morgan fingerprint density at radius 1 is 1.43 bits per heavy atom. The first-order valence-corrected chi connectivity index (χ1v) is 4.38. The van der Waals surface area contributed by atoms with E-state index >= 15 is 0 Å². The van der Waals surface area contributed by atoms with Crippen molar-refractivity contribution in [3.8, 4) is 0 Å². The molecule has 0 aliphatic rings. The molecule has 0 rings (SSSR count). The van der Waals surface area contributed by atoms with Gasteiger partial charge in [0.15, 0.2) is 0 Å². The van der Waals surface area contributed by atoms with E-state index in [4.69, 9.17) is 5.11 Å². The molecule has 1 nitrogen and oxygen atoms in total. The highest BCUT2D eigenvalue weighted by Gasteiger charge is 1.80. The van der Waals surface area contributed by atoms with Crippen molar-refractivity contribution in [1.29, 1.82) is 0 Å². The molecule has 0 spiro atoms. The van der Waals surface area contributed by atoms with Crippen LogP contribution in [0.25, 0.3) is 0 Å². The topological polar surface area (TPSA) is 20.2 Å². The van der Waals surface area contributed by atoms with Crippen molar-refractivity contribution < 1.29 is 5.11 Å². The molecule has 7 heavy (non-hydrogen) atoms. The summed E-state index contributed by atoms with van der Waals surface area (Å²) in [5.74, 6) is 0. The Morgan fingerprint density at radius 2 is 2.14 bits per heavy atom. The fourth-order valence-electron chi connectivity index (χ4n) is 0.414. The summed E-state index contributed by atoms with van der Waals surface area (Å²) in [6.45, 7) is 0.366. The highest BCUT2D eigenvalue weighted by Crippen LogP contribution is 2.03. The lowest BCUT2D eigenvalue weighted by atomic mass is 10.4. The van der Waals surface area contributed by atoms with Crippen molar-refractivity contribution in [2.45, 2.75) is 12.8 Å². The van der Waals surface area contributed by atoms with Gasteiger partial charge in [-0.25, -0.2) is 0 Å². The highest BCUT2D eigenvalue weighted by atomic mass is 31.1. The monoisotopic (exact) mass is 118 g/mol. The summed E-state index contributed by atoms with van der Waals surface area (Å²) in [4.78, 5) is 0. The molecule has 0 radical (unpaired) electrons. The van der Waals surface area contributed by atoms with Crippen LogP contribution in [-0.2, 0) is 0 Å². The van der Waals surface area contributed by atoms with E-state index in [1.165, 1.54) is 12.6 Å². The van der Waals surface area contributed by atoms with Gasteiger partial charge in [-0.15, -0.1) is 0 Å². The SMILES string of the molecule is BPCCCCO. The molecule has 3 heteroatoms. The summed E-state index contributed by atoms with van der Waals surface area (Å²) in [7, 11) is 3.25. The van der Waals surface area contributed by atoms with Crippen LogP contribution in [0.5, 0.6) is 0 Å². The van der Waals surface area contributed by atoms with Crippen LogP contribution in [0.4, 0.5) is 0 Å². The van der Waals surface area contributed by atoms with Gasteiger partial charge in [-0.2, -0.15) is 8.46 Å². The maximum absolute atomic E-state index is 8.30. The van der Waals surface area contributed by atoms with E-state index in [9.17, 15) is 0 Å². The lowest BCUT2D eigenvalue weighted by molar-refractivity contribution is 0.287. The zero-order valence-electron chi connectivity index (χ0n) is 4.78. The van der Waals surface area contributed by atoms with Gasteiger partial charge in [0.2, 0.25) is 0 Å². The average molecular weight is 118 g/mol. The average Bonchev–Trinajstić information content (AvgIpc) is 1.69. The molecular formula is C4H12BOP. The van der Waals surface area contributed by atoms with Crippen LogP contribution in [0.3, 0.4) is 0 Å². The van der Waals surface area contributed by atoms with Crippen molar-refractivity contribution in [3.63, 3.8) is 0 Å². The number of unbranched alkanes of at least 4 members (excludes halogenated alkanes) is 1. The zero-order chi connectivity index (χ0) is 5.54. The molecule has 42 valence electrons. The van der Waals surface area contributed by atoms with Crippen LogP contribution >= 0.6 is 8.46 Å². The summed E-state index contributed by atoms with van der Waals surface area (Å²) in [5.41, 5.74) is 0. The fourth-order valence-corrected chi connectivity index (χ4v) is 1.02. The lowest BCUT2D eigenvalue weighted by Gasteiger charge is -1.90. The summed E-state index contributed by atoms with van der Waals surface area (Å²) in [6, 6.07) is 0. The van der Waals surface area contributed by atoms with Crippen LogP contribution in [0.15, 0.2) is 0 Å². The van der Waals surface area contributed by atoms with Crippen LogP contribution < -0.4 is 0 Å². The predicted octanol–water partition coefficient (Wildman–Crippen LogP) is -0.0145. The molecule has 0 amide bonds. The third-order valence-electron chi connectivity index (χ3n) is 0.835. The first-order valence-electron chi connectivity index (χ1n) is 2.67. The van der Waals surface area contributed by atoms with Gasteiger partial charge in [0.25, 0.3) is 0 Å². The highest BCUT2D eigenvalue weighted by molar-refractivity contribution is 7.66. The summed E-state index contributed by atoms with van der Waals surface area (Å²) < 4.78 is 0. The van der Waals surface area contributed by atoms with Crippen molar-refractivity contribution in [2.24, 2.45) is 0 Å². The zero-order valence-corrected chi connectivity index (χ0v) is 5.78. The Bertz CT molecular complexity index is 30.9. The predicted molar refractivity (Wildman–Crippen MR) is 38.0 cm³/mol. The van der Waals surface area contributed by atoms with Gasteiger partial charge >= 0.3 is 0 Å². The van der Waals surface area contributed by atoms with Gasteiger partial charge in [-0.3, -0.25) is 0 Å². The Kier molecular flexibility index (Phi) is 6.87. The van der Waals surface area contributed by atoms with Crippen molar-refractivity contribution >= 4 is 16.0 Å². The fraction of sp³-hybridized carbons (Fsp3) is 1.00. The standard InChI is InChI=1S/C4H12BOP/c5-7-4-2-1-3-6/h6-7H,1-5H2. The number of hydrogen-bond acceptors (Lipinski definition) is 1. The van der Waals surface area contributed by atoms with Crippen LogP contribution in [0.1, 0.15) is 12.8 Å². The van der Waals surface area contributed by atoms with E-state index in [1.54, 1.807) is 0 Å². The molecule has 0 aromatic rings. The Balaban J connectivity index is 2.45. The van der Waals surface area contributed by atoms with Gasteiger partial charge in [0, 0.05) is 6.61 Å². The second-order valence-corrected chi connectivity index (χ2v) is 2.74. The van der Waals surface area contributed by atoms with Gasteiger partial charge in [0.1, 0.15) is 7.57 Å². The van der Waals surface area contributed by atoms with Crippen molar-refractivity contribution in [1.82, 2.24) is 0 Å². The summed E-state index contributed by atoms with van der Waals surface area (Å²) in [5, 5.41) is 8.30. The second kappa shape index (κ2) is 6.45. The maximum atomic E-state index is 8.30. The molecule has 1 atom stereocenters. The Morgan fingerprint density at radius 3 is 2.57 bits per heavy atom. The smallest absolute Gasteiger partial charge is 0.130 e. The molecule has 0 heterocycles. The van der Waals surface area contributed by atoms with Gasteiger partial charge in [0.05, 0.1) is 0 Å². The Labute approximate surface area is 47.7 Å². The molecule has 0 aromatic carbocycles. The molecule has 0 aliphatic carbocycles. The maximum Gasteiger partial charge on any atom is 0.130 e. The summed E-state index contributed by atoms with van der Waals surface area (Å²) >= 11 is 0. The Hall–Kier alpha value is 0.455. The number of aliphatic hydroxyl groups excluding tert-OH is 1. The lowest BCUT2D eigenvalue weighted by Crippen LogP contribution is -1.82. The number of hydrogen-bond donors (Lipinski definition) is 1. The van der Waals surface area contributed by atoms with Crippen molar-refractivity contribution in [3.05, 3.63) is 0 Å². The molecule has 1 N–H and O–H groups in total. The normalized spacial score (nSPS) is 11.0. The second-order valence-electron chi connectivity index (χ2n) is 1.53. The third kappa shape index (κ3) is 6.45. The molecule has 0 saturated carbocycles. The minimum atomic E-state index is 0.366. The van der Waals surface area contributed by atoms with E-state index in [0.717, 1.165) is 14.9 Å². The number of aliphatic hydroxyl groups is 1. The molecule has 1 unspecified atom stereocenters. The molecule has 0 bridgehead atoms. The van der Waals surface area contributed by atoms with E-state index in [0.29, 0.717) is 6.61 Å². The van der Waals surface area contributed by atoms with Crippen LogP contribution in [-0.4, -0.2) is 25.4 Å². The van der Waals surface area contributed by atoms with E-state index in [2.05, 4.69) is 7.57 Å². The van der Waals surface area contributed by atoms with Crippen molar-refractivity contribution in [2.75, 3.05) is 12.8 Å². The first kappa shape index (κ1) is 7.45. The molecule has 0 fully saturated rings. The van der Waals surface area contributed by atoms with Gasteiger partial charge < -0.3 is 5.11 Å². The number of rotatable bonds is 4. The largest absolute Gasteiger partial charge is 0.396 e. The summed E-state index contributed by atoms with van der Waals surface area (Å²) in [6.07, 6.45) is 3.48. The van der Waals surface area contributed by atoms with Crippen LogP contribution in [0, 0.1) is 0 Å². The minimum absolute atomic E-state index is 0.366. The third-order valence-corrected chi connectivity index (χ3v) is 1.69. The van der Waals surface area contributed by atoms with Crippen LogP contribution in [0.2, 0.25) is 0 Å². The van der Waals surface area contributed by atoms with E-state index in [1.807, 2.05) is 0 Å². The first-order chi connectivity index (χ1) is 3.41.